The molecule has 8 nitrogen and oxygen atoms in total. The second-order valence-electron chi connectivity index (χ2n) is 7.53. The van der Waals surface area contributed by atoms with Crippen molar-refractivity contribution in [3.63, 3.8) is 0 Å². The third-order valence-corrected chi connectivity index (χ3v) is 5.16. The Bertz CT molecular complexity index is 822. The van der Waals surface area contributed by atoms with E-state index in [1.807, 2.05) is 0 Å². The van der Waals surface area contributed by atoms with Crippen LogP contribution in [0.15, 0.2) is 24.3 Å². The monoisotopic (exact) mass is 427 g/mol. The fourth-order valence-corrected chi connectivity index (χ4v) is 3.64. The maximum atomic E-state index is 13.8. The Morgan fingerprint density at radius 2 is 1.77 bits per heavy atom. The number of alkyl halides is 3. The number of piperazine rings is 1. The zero-order valence-electron chi connectivity index (χ0n) is 16.8. The number of urea groups is 1. The molecule has 1 unspecified atom stereocenters. The summed E-state index contributed by atoms with van der Waals surface area (Å²) >= 11 is 0. The number of halogens is 3. The molecule has 11 heteroatoms. The number of hydrogen-bond acceptors (Lipinski definition) is 4. The summed E-state index contributed by atoms with van der Waals surface area (Å²) in [6.07, 6.45) is -5.63. The Balaban J connectivity index is 1.79. The molecule has 1 atom stereocenters. The minimum Gasteiger partial charge on any atom is -0.331 e. The highest BCUT2D eigenvalue weighted by atomic mass is 19.4. The van der Waals surface area contributed by atoms with E-state index in [0.717, 1.165) is 0 Å². The highest BCUT2D eigenvalue weighted by molar-refractivity contribution is 6.05. The molecule has 1 aromatic rings. The molecule has 1 fully saturated rings. The number of amides is 4. The van der Waals surface area contributed by atoms with Gasteiger partial charge in [-0.2, -0.15) is 13.2 Å². The van der Waals surface area contributed by atoms with Gasteiger partial charge in [0.1, 0.15) is 6.04 Å². The maximum absolute atomic E-state index is 13.8. The molecule has 164 valence electrons. The van der Waals surface area contributed by atoms with E-state index >= 15 is 0 Å². The molecule has 0 bridgehead atoms. The van der Waals surface area contributed by atoms with Gasteiger partial charge in [0.15, 0.2) is 0 Å². The first-order chi connectivity index (χ1) is 14.1. The number of rotatable bonds is 2. The first-order valence-electron chi connectivity index (χ1n) is 9.54. The number of carbonyl (C=O) groups excluding carboxylic acids is 3. The highest BCUT2D eigenvalue weighted by Gasteiger charge is 2.49. The SMILES string of the molecule is CN(C)C(=O)N1CCN(CC(=O)N2c3ccccc3NC(=O)CC2C(F)(F)F)CC1. The van der Waals surface area contributed by atoms with Gasteiger partial charge in [0, 0.05) is 40.3 Å². The molecule has 0 aliphatic carbocycles. The minimum atomic E-state index is -4.76. The summed E-state index contributed by atoms with van der Waals surface area (Å²) in [5.74, 6) is -1.54. The van der Waals surface area contributed by atoms with Crippen LogP contribution in [-0.2, 0) is 9.59 Å². The largest absolute Gasteiger partial charge is 0.409 e. The first kappa shape index (κ1) is 21.9. The fourth-order valence-electron chi connectivity index (χ4n) is 3.64. The predicted molar refractivity (Wildman–Crippen MR) is 104 cm³/mol. The molecule has 1 aromatic carbocycles. The average molecular weight is 427 g/mol. The van der Waals surface area contributed by atoms with Gasteiger partial charge in [0.2, 0.25) is 11.8 Å². The fraction of sp³-hybridized carbons (Fsp3) is 0.526. The second-order valence-corrected chi connectivity index (χ2v) is 7.53. The quantitative estimate of drug-likeness (QED) is 0.778. The normalized spacial score (nSPS) is 20.3. The lowest BCUT2D eigenvalue weighted by molar-refractivity contribution is -0.158. The number of nitrogens with one attached hydrogen (secondary N) is 1. The van der Waals surface area contributed by atoms with Crippen molar-refractivity contribution >= 4 is 29.2 Å². The predicted octanol–water partition coefficient (Wildman–Crippen LogP) is 1.59. The summed E-state index contributed by atoms with van der Waals surface area (Å²) in [6.45, 7) is 1.26. The molecule has 2 aliphatic rings. The number of hydrogen-bond donors (Lipinski definition) is 1. The van der Waals surface area contributed by atoms with Gasteiger partial charge >= 0.3 is 12.2 Å². The van der Waals surface area contributed by atoms with E-state index in [2.05, 4.69) is 5.32 Å². The van der Waals surface area contributed by atoms with Gasteiger partial charge in [0.05, 0.1) is 24.3 Å². The number of carbonyl (C=O) groups is 3. The molecule has 3 rings (SSSR count). The number of para-hydroxylation sites is 2. The van der Waals surface area contributed by atoms with E-state index in [0.29, 0.717) is 31.1 Å². The molecule has 1 N–H and O–H groups in total. The van der Waals surface area contributed by atoms with Gasteiger partial charge in [-0.05, 0) is 12.1 Å². The van der Waals surface area contributed by atoms with Gasteiger partial charge < -0.3 is 15.1 Å². The van der Waals surface area contributed by atoms with Crippen LogP contribution in [0.4, 0.5) is 29.3 Å². The Labute approximate surface area is 172 Å². The molecule has 30 heavy (non-hydrogen) atoms. The van der Waals surface area contributed by atoms with Crippen molar-refractivity contribution in [1.82, 2.24) is 14.7 Å². The van der Waals surface area contributed by atoms with Crippen LogP contribution in [0, 0.1) is 0 Å². The van der Waals surface area contributed by atoms with Crippen molar-refractivity contribution in [1.29, 1.82) is 0 Å². The number of benzene rings is 1. The highest BCUT2D eigenvalue weighted by Crippen LogP contribution is 2.37. The lowest BCUT2D eigenvalue weighted by Crippen LogP contribution is -2.56. The molecule has 0 spiro atoms. The van der Waals surface area contributed by atoms with Crippen LogP contribution in [0.1, 0.15) is 6.42 Å². The van der Waals surface area contributed by atoms with Crippen molar-refractivity contribution in [3.05, 3.63) is 24.3 Å². The standard InChI is InChI=1S/C19H24F3N5O3/c1-24(2)18(30)26-9-7-25(8-10-26)12-17(29)27-14-6-4-3-5-13(14)23-16(28)11-15(27)19(20,21)22/h3-6,15H,7-12H2,1-2H3,(H,23,28). The van der Waals surface area contributed by atoms with Crippen LogP contribution in [0.2, 0.25) is 0 Å². The van der Waals surface area contributed by atoms with E-state index in [-0.39, 0.29) is 24.0 Å². The molecule has 0 aromatic heterocycles. The van der Waals surface area contributed by atoms with E-state index in [9.17, 15) is 27.6 Å². The molecular formula is C19H24F3N5O3. The van der Waals surface area contributed by atoms with Gasteiger partial charge in [-0.1, -0.05) is 12.1 Å². The van der Waals surface area contributed by atoms with Gasteiger partial charge in [-0.15, -0.1) is 0 Å². The topological polar surface area (TPSA) is 76.2 Å². The van der Waals surface area contributed by atoms with Gasteiger partial charge in [0.25, 0.3) is 0 Å². The molecule has 2 heterocycles. The van der Waals surface area contributed by atoms with E-state index < -0.39 is 30.5 Å². The van der Waals surface area contributed by atoms with Crippen molar-refractivity contribution < 1.29 is 27.6 Å². The van der Waals surface area contributed by atoms with Crippen molar-refractivity contribution in [2.45, 2.75) is 18.6 Å². The van der Waals surface area contributed by atoms with Gasteiger partial charge in [-0.25, -0.2) is 4.79 Å². The molecule has 0 radical (unpaired) electrons. The Kier molecular flexibility index (Phi) is 6.20. The van der Waals surface area contributed by atoms with Crippen molar-refractivity contribution in [3.8, 4) is 0 Å². The van der Waals surface area contributed by atoms with Crippen LogP contribution in [0.3, 0.4) is 0 Å². The van der Waals surface area contributed by atoms with Crippen molar-refractivity contribution in [2.75, 3.05) is 57.0 Å². The zero-order chi connectivity index (χ0) is 22.1. The first-order valence-corrected chi connectivity index (χ1v) is 9.54. The molecule has 0 saturated carbocycles. The van der Waals surface area contributed by atoms with E-state index in [1.54, 1.807) is 30.0 Å². The third-order valence-electron chi connectivity index (χ3n) is 5.16. The summed E-state index contributed by atoms with van der Waals surface area (Å²) in [5, 5.41) is 2.45. The smallest absolute Gasteiger partial charge is 0.331 e. The summed E-state index contributed by atoms with van der Waals surface area (Å²) in [4.78, 5) is 42.6. The van der Waals surface area contributed by atoms with Crippen molar-refractivity contribution in [2.24, 2.45) is 0 Å². The molecule has 4 amide bonds. The number of anilines is 2. The summed E-state index contributed by atoms with van der Waals surface area (Å²) in [6, 6.07) is 3.57. The minimum absolute atomic E-state index is 0.0251. The number of nitrogens with zero attached hydrogens (tertiary/aromatic N) is 4. The Morgan fingerprint density at radius 3 is 2.37 bits per heavy atom. The molecule has 1 saturated heterocycles. The molecule has 2 aliphatic heterocycles. The zero-order valence-corrected chi connectivity index (χ0v) is 16.8. The summed E-state index contributed by atoms with van der Waals surface area (Å²) in [5.41, 5.74) is 0.195. The van der Waals surface area contributed by atoms with Crippen LogP contribution >= 0.6 is 0 Å². The second kappa shape index (κ2) is 8.50. The third kappa shape index (κ3) is 4.66. The van der Waals surface area contributed by atoms with E-state index in [4.69, 9.17) is 0 Å². The van der Waals surface area contributed by atoms with Crippen LogP contribution < -0.4 is 10.2 Å². The van der Waals surface area contributed by atoms with Crippen LogP contribution in [0.25, 0.3) is 0 Å². The summed E-state index contributed by atoms with van der Waals surface area (Å²) in [7, 11) is 3.28. The number of fused-ring (bicyclic) bond motifs is 1. The Hall–Kier alpha value is -2.82. The van der Waals surface area contributed by atoms with Crippen LogP contribution in [0.5, 0.6) is 0 Å². The van der Waals surface area contributed by atoms with Crippen LogP contribution in [-0.4, -0.2) is 91.6 Å². The van der Waals surface area contributed by atoms with Gasteiger partial charge in [-0.3, -0.25) is 19.4 Å². The lowest BCUT2D eigenvalue weighted by atomic mass is 10.1. The Morgan fingerprint density at radius 1 is 1.13 bits per heavy atom. The maximum Gasteiger partial charge on any atom is 0.409 e. The van der Waals surface area contributed by atoms with E-state index in [1.165, 1.54) is 23.1 Å². The average Bonchev–Trinajstić information content (AvgIpc) is 2.83. The molecular weight excluding hydrogens is 403 g/mol. The lowest BCUT2D eigenvalue weighted by Gasteiger charge is -2.37. The summed E-state index contributed by atoms with van der Waals surface area (Å²) < 4.78 is 41.3.